The van der Waals surface area contributed by atoms with Crippen molar-refractivity contribution in [3.8, 4) is 5.88 Å². The van der Waals surface area contributed by atoms with Crippen LogP contribution in [0.4, 0.5) is 5.82 Å². The van der Waals surface area contributed by atoms with Gasteiger partial charge < -0.3 is 15.4 Å². The van der Waals surface area contributed by atoms with Crippen LogP contribution in [0.2, 0.25) is 0 Å². The van der Waals surface area contributed by atoms with Crippen molar-refractivity contribution >= 4 is 23.4 Å². The third-order valence-corrected chi connectivity index (χ3v) is 4.43. The lowest BCUT2D eigenvalue weighted by Crippen LogP contribution is -2.22. The van der Waals surface area contributed by atoms with Gasteiger partial charge in [0, 0.05) is 17.5 Å². The van der Waals surface area contributed by atoms with E-state index in [0.717, 1.165) is 12.8 Å². The number of hydrogen-bond acceptors (Lipinski definition) is 8. The van der Waals surface area contributed by atoms with Crippen molar-refractivity contribution in [2.24, 2.45) is 4.99 Å². The summed E-state index contributed by atoms with van der Waals surface area (Å²) in [6.07, 6.45) is 7.80. The largest absolute Gasteiger partial charge is 0.493 e. The van der Waals surface area contributed by atoms with Crippen molar-refractivity contribution in [3.05, 3.63) is 63.4 Å². The molecule has 0 atom stereocenters. The maximum Gasteiger partial charge on any atom is 0.326 e. The lowest BCUT2D eigenvalue weighted by Gasteiger charge is -2.05. The van der Waals surface area contributed by atoms with Crippen LogP contribution in [0.3, 0.4) is 0 Å². The summed E-state index contributed by atoms with van der Waals surface area (Å²) in [7, 11) is 0. The fourth-order valence-electron chi connectivity index (χ4n) is 2.87. The second-order valence-electron chi connectivity index (χ2n) is 6.73. The highest BCUT2D eigenvalue weighted by Crippen LogP contribution is 2.22. The van der Waals surface area contributed by atoms with E-state index in [4.69, 9.17) is 0 Å². The van der Waals surface area contributed by atoms with Gasteiger partial charge in [0.15, 0.2) is 11.1 Å². The third kappa shape index (κ3) is 3.41. The molecule has 4 aromatic rings. The summed E-state index contributed by atoms with van der Waals surface area (Å²) in [5, 5.41) is 17.4. The summed E-state index contributed by atoms with van der Waals surface area (Å²) in [6.45, 7) is 0. The fraction of sp³-hybridized carbons (Fsp3) is 0.167. The Hall–Kier alpha value is -4.35. The number of hydrogen-bond donors (Lipinski definition) is 4. The molecule has 0 saturated heterocycles. The lowest BCUT2D eigenvalue weighted by molar-refractivity contribution is 0.102. The molecule has 0 unspecified atom stereocenters. The van der Waals surface area contributed by atoms with Crippen LogP contribution in [-0.4, -0.2) is 51.6 Å². The monoisotopic (exact) mass is 405 g/mol. The second-order valence-corrected chi connectivity index (χ2v) is 6.73. The molecule has 0 aromatic carbocycles. The first-order chi connectivity index (χ1) is 14.6. The second kappa shape index (κ2) is 6.92. The van der Waals surface area contributed by atoms with E-state index >= 15 is 0 Å². The lowest BCUT2D eigenvalue weighted by atomic mass is 10.3. The molecule has 4 heterocycles. The van der Waals surface area contributed by atoms with Crippen LogP contribution < -0.4 is 21.7 Å². The minimum Gasteiger partial charge on any atom is -0.493 e. The number of aromatic amines is 2. The van der Waals surface area contributed by atoms with Crippen LogP contribution >= 0.6 is 0 Å². The number of H-pyrrole nitrogens is 2. The van der Waals surface area contributed by atoms with Gasteiger partial charge in [-0.25, -0.2) is 19.7 Å². The molecule has 0 radical (unpaired) electrons. The Bertz CT molecular complexity index is 1430. The molecule has 5 rings (SSSR count). The predicted molar refractivity (Wildman–Crippen MR) is 103 cm³/mol. The SMILES string of the molecule is O=C(Nc1cc(=NC2CC2)n2ncc(=Cc3[nH]c(=O)[nH]c3O)c2n1)c1ccncn1. The molecular formula is C18H15N9O3. The predicted octanol–water partition coefficient (Wildman–Crippen LogP) is -0.896. The van der Waals surface area contributed by atoms with Gasteiger partial charge in [0.05, 0.1) is 12.2 Å². The Labute approximate surface area is 167 Å². The normalized spacial score (nSPS) is 15.1. The van der Waals surface area contributed by atoms with Gasteiger partial charge in [0.25, 0.3) is 5.91 Å². The molecule has 30 heavy (non-hydrogen) atoms. The van der Waals surface area contributed by atoms with Crippen molar-refractivity contribution < 1.29 is 9.90 Å². The minimum atomic E-state index is -0.537. The van der Waals surface area contributed by atoms with Crippen LogP contribution in [0.15, 0.2) is 40.6 Å². The van der Waals surface area contributed by atoms with Gasteiger partial charge in [0.1, 0.15) is 23.5 Å². The molecule has 4 N–H and O–H groups in total. The average molecular weight is 405 g/mol. The van der Waals surface area contributed by atoms with Crippen LogP contribution in [0, 0.1) is 0 Å². The van der Waals surface area contributed by atoms with E-state index in [1.165, 1.54) is 30.9 Å². The van der Waals surface area contributed by atoms with E-state index in [9.17, 15) is 14.7 Å². The van der Waals surface area contributed by atoms with Crippen molar-refractivity contribution in [2.75, 3.05) is 5.32 Å². The molecule has 4 aromatic heterocycles. The van der Waals surface area contributed by atoms with Gasteiger partial charge in [-0.15, -0.1) is 0 Å². The van der Waals surface area contributed by atoms with E-state index in [1.807, 2.05) is 0 Å². The minimum absolute atomic E-state index is 0.188. The number of fused-ring (bicyclic) bond motifs is 1. The fourth-order valence-corrected chi connectivity index (χ4v) is 2.87. The van der Waals surface area contributed by atoms with Crippen LogP contribution in [0.1, 0.15) is 29.0 Å². The van der Waals surface area contributed by atoms with E-state index in [0.29, 0.717) is 16.4 Å². The Morgan fingerprint density at radius 2 is 2.23 bits per heavy atom. The molecule has 0 spiro atoms. The molecule has 12 nitrogen and oxygen atoms in total. The first-order valence-electron chi connectivity index (χ1n) is 9.10. The highest BCUT2D eigenvalue weighted by Gasteiger charge is 2.20. The summed E-state index contributed by atoms with van der Waals surface area (Å²) >= 11 is 0. The van der Waals surface area contributed by atoms with Gasteiger partial charge in [-0.3, -0.25) is 14.8 Å². The standard InChI is InChI=1S/C18H15N9O3/c28-16(11-3-4-19-8-20-11)25-13-6-14(22-10-1-2-10)27-15(24-13)9(7-21-27)5-12-17(29)26-18(30)23-12/h3-8,10,29H,1-2H2,(H,25,28)(H2,23,26,30). The zero-order chi connectivity index (χ0) is 20.7. The number of aromatic nitrogens is 7. The number of carbonyl (C=O) groups excluding carboxylic acids is 1. The topological polar surface area (TPSA) is 166 Å². The smallest absolute Gasteiger partial charge is 0.326 e. The summed E-state index contributed by atoms with van der Waals surface area (Å²) in [5.74, 6) is -0.466. The van der Waals surface area contributed by atoms with Gasteiger partial charge in [-0.2, -0.15) is 9.61 Å². The molecule has 12 heteroatoms. The quantitative estimate of drug-likeness (QED) is 0.341. The van der Waals surface area contributed by atoms with Gasteiger partial charge >= 0.3 is 5.69 Å². The number of nitrogens with zero attached hydrogens (tertiary/aromatic N) is 6. The van der Waals surface area contributed by atoms with Crippen molar-refractivity contribution in [3.63, 3.8) is 0 Å². The van der Waals surface area contributed by atoms with Crippen molar-refractivity contribution in [1.29, 1.82) is 0 Å². The first-order valence-corrected chi connectivity index (χ1v) is 9.10. The van der Waals surface area contributed by atoms with Crippen molar-refractivity contribution in [1.82, 2.24) is 34.5 Å². The summed E-state index contributed by atoms with van der Waals surface area (Å²) in [6, 6.07) is 3.34. The Morgan fingerprint density at radius 1 is 1.37 bits per heavy atom. The highest BCUT2D eigenvalue weighted by atomic mass is 16.3. The maximum absolute atomic E-state index is 12.5. The molecule has 1 fully saturated rings. The number of nitrogens with one attached hydrogen (secondary N) is 3. The van der Waals surface area contributed by atoms with Gasteiger partial charge in [-0.1, -0.05) is 0 Å². The summed E-state index contributed by atoms with van der Waals surface area (Å²) in [5.41, 5.74) is 0.781. The van der Waals surface area contributed by atoms with Crippen LogP contribution in [0.5, 0.6) is 5.88 Å². The Balaban J connectivity index is 1.64. The molecular weight excluding hydrogens is 390 g/mol. The van der Waals surface area contributed by atoms with E-state index < -0.39 is 11.6 Å². The molecule has 1 aliphatic rings. The number of anilines is 1. The van der Waals surface area contributed by atoms with Crippen molar-refractivity contribution in [2.45, 2.75) is 18.9 Å². The molecule has 1 aliphatic carbocycles. The molecule has 0 aliphatic heterocycles. The Morgan fingerprint density at radius 3 is 2.93 bits per heavy atom. The Kier molecular flexibility index (Phi) is 4.09. The first kappa shape index (κ1) is 17.7. The maximum atomic E-state index is 12.5. The molecule has 150 valence electrons. The zero-order valence-corrected chi connectivity index (χ0v) is 15.4. The number of amides is 1. The third-order valence-electron chi connectivity index (χ3n) is 4.43. The van der Waals surface area contributed by atoms with Crippen LogP contribution in [-0.2, 0) is 0 Å². The van der Waals surface area contributed by atoms with E-state index in [-0.39, 0.29) is 29.1 Å². The van der Waals surface area contributed by atoms with E-state index in [1.54, 1.807) is 10.6 Å². The number of carbonyl (C=O) groups is 1. The molecule has 1 amide bonds. The van der Waals surface area contributed by atoms with Gasteiger partial charge in [-0.05, 0) is 25.0 Å². The zero-order valence-electron chi connectivity index (χ0n) is 15.4. The number of aromatic hydroxyl groups is 1. The molecule has 1 saturated carbocycles. The van der Waals surface area contributed by atoms with Gasteiger partial charge in [0.2, 0.25) is 5.88 Å². The van der Waals surface area contributed by atoms with Crippen LogP contribution in [0.25, 0.3) is 11.7 Å². The summed E-state index contributed by atoms with van der Waals surface area (Å²) < 4.78 is 1.55. The number of rotatable bonds is 4. The van der Waals surface area contributed by atoms with E-state index in [2.05, 4.69) is 40.3 Å². The number of imidazole rings is 1. The summed E-state index contributed by atoms with van der Waals surface area (Å²) in [4.78, 5) is 45.4. The molecule has 0 bridgehead atoms. The average Bonchev–Trinajstić information content (AvgIpc) is 3.37. The highest BCUT2D eigenvalue weighted by molar-refractivity contribution is 6.02.